The second-order valence-electron chi connectivity index (χ2n) is 9.62. The van der Waals surface area contributed by atoms with E-state index in [2.05, 4.69) is 64.1 Å². The number of hydrogen-bond acceptors (Lipinski definition) is 5. The lowest BCUT2D eigenvalue weighted by Crippen LogP contribution is -2.47. The maximum atomic E-state index is 5.97. The van der Waals surface area contributed by atoms with E-state index in [0.717, 1.165) is 49.5 Å². The van der Waals surface area contributed by atoms with Crippen molar-refractivity contribution < 1.29 is 14.2 Å². The summed E-state index contributed by atoms with van der Waals surface area (Å²) in [5.74, 6) is 2.25. The van der Waals surface area contributed by atoms with Crippen molar-refractivity contribution in [2.75, 3.05) is 33.4 Å². The lowest BCUT2D eigenvalue weighted by atomic mass is 9.86. The summed E-state index contributed by atoms with van der Waals surface area (Å²) in [7, 11) is 1.69. The number of fused-ring (bicyclic) bond motifs is 1. The highest BCUT2D eigenvalue weighted by Crippen LogP contribution is 2.28. The normalized spacial score (nSPS) is 17.6. The molecule has 1 aromatic heterocycles. The van der Waals surface area contributed by atoms with Crippen LogP contribution in [0.5, 0.6) is 11.5 Å². The Morgan fingerprint density at radius 3 is 2.76 bits per heavy atom. The molecule has 5 rings (SSSR count). The van der Waals surface area contributed by atoms with Gasteiger partial charge in [0, 0.05) is 48.7 Å². The summed E-state index contributed by atoms with van der Waals surface area (Å²) in [4.78, 5) is 3.27. The number of hydrogen-bond donors (Lipinski definition) is 3. The molecule has 194 valence electrons. The van der Waals surface area contributed by atoms with Crippen molar-refractivity contribution in [1.82, 2.24) is 15.6 Å². The summed E-state index contributed by atoms with van der Waals surface area (Å²) in [6.07, 6.45) is 3.96. The maximum absolute atomic E-state index is 5.97. The number of benzene rings is 3. The minimum atomic E-state index is 0.392. The summed E-state index contributed by atoms with van der Waals surface area (Å²) in [5, 5.41) is 8.62. The van der Waals surface area contributed by atoms with Crippen molar-refractivity contribution in [2.45, 2.75) is 38.0 Å². The maximum Gasteiger partial charge on any atom is 0.124 e. The minimum Gasteiger partial charge on any atom is -0.496 e. The van der Waals surface area contributed by atoms with Crippen LogP contribution in [0.4, 0.5) is 0 Å². The highest BCUT2D eigenvalue weighted by Gasteiger charge is 2.26. The number of piperidine rings is 1. The molecule has 1 aliphatic rings. The first-order chi connectivity index (χ1) is 18.3. The SMILES string of the molecule is COc1ccccc1COCCCOc1ccc([C@@H]2CCNC[C@@H]2NCc2ccc3[nH]ccc3c2)cc1. The summed E-state index contributed by atoms with van der Waals surface area (Å²) in [5.41, 5.74) is 4.93. The molecule has 0 spiro atoms. The quantitative estimate of drug-likeness (QED) is 0.228. The molecule has 0 unspecified atom stereocenters. The molecule has 3 aromatic carbocycles. The number of methoxy groups -OCH3 is 1. The summed E-state index contributed by atoms with van der Waals surface area (Å²) < 4.78 is 17.2. The Labute approximate surface area is 219 Å². The molecule has 1 saturated heterocycles. The first kappa shape index (κ1) is 25.3. The topological polar surface area (TPSA) is 67.5 Å². The van der Waals surface area contributed by atoms with Gasteiger partial charge in [0.1, 0.15) is 11.5 Å². The van der Waals surface area contributed by atoms with E-state index >= 15 is 0 Å². The fraction of sp³-hybridized carbons (Fsp3) is 0.355. The molecule has 3 N–H and O–H groups in total. The standard InChI is InChI=1S/C31H37N3O3/c1-35-31-6-3-2-5-26(31)22-36-17-4-18-37-27-10-8-24(9-11-27)28-14-15-32-21-30(28)34-20-23-7-12-29-25(19-23)13-16-33-29/h2-3,5-13,16,19,28,30,32-34H,4,14-15,17-18,20-22H2,1H3/t28-,30-/m0/s1. The zero-order chi connectivity index (χ0) is 25.3. The van der Waals surface area contributed by atoms with Crippen LogP contribution in [0.1, 0.15) is 35.4 Å². The van der Waals surface area contributed by atoms with Gasteiger partial charge in [-0.15, -0.1) is 0 Å². The van der Waals surface area contributed by atoms with E-state index in [0.29, 0.717) is 31.8 Å². The van der Waals surface area contributed by atoms with Crippen LogP contribution in [-0.4, -0.2) is 44.4 Å². The van der Waals surface area contributed by atoms with Crippen LogP contribution in [0.3, 0.4) is 0 Å². The number of aromatic amines is 1. The number of aromatic nitrogens is 1. The molecule has 1 fully saturated rings. The minimum absolute atomic E-state index is 0.392. The first-order valence-electron chi connectivity index (χ1n) is 13.2. The molecule has 6 nitrogen and oxygen atoms in total. The molecular formula is C31H37N3O3. The lowest BCUT2D eigenvalue weighted by molar-refractivity contribution is 0.105. The third-order valence-electron chi connectivity index (χ3n) is 7.13. The molecule has 37 heavy (non-hydrogen) atoms. The Kier molecular flexibility index (Phi) is 8.74. The van der Waals surface area contributed by atoms with Gasteiger partial charge in [0.25, 0.3) is 0 Å². The highest BCUT2D eigenvalue weighted by molar-refractivity contribution is 5.79. The third kappa shape index (κ3) is 6.72. The van der Waals surface area contributed by atoms with Gasteiger partial charge in [-0.3, -0.25) is 0 Å². The molecular weight excluding hydrogens is 462 g/mol. The average molecular weight is 500 g/mol. The Hall–Kier alpha value is -3.32. The van der Waals surface area contributed by atoms with Crippen LogP contribution in [0.25, 0.3) is 10.9 Å². The van der Waals surface area contributed by atoms with Crippen molar-refractivity contribution in [3.63, 3.8) is 0 Å². The number of H-pyrrole nitrogens is 1. The Morgan fingerprint density at radius 2 is 1.86 bits per heavy atom. The Balaban J connectivity index is 1.07. The Bertz CT molecular complexity index is 1250. The Morgan fingerprint density at radius 1 is 0.973 bits per heavy atom. The summed E-state index contributed by atoms with van der Waals surface area (Å²) in [6.45, 7) is 4.72. The van der Waals surface area contributed by atoms with Crippen LogP contribution in [0, 0.1) is 0 Å². The van der Waals surface area contributed by atoms with E-state index in [1.54, 1.807) is 7.11 Å². The zero-order valence-corrected chi connectivity index (χ0v) is 21.5. The van der Waals surface area contributed by atoms with Gasteiger partial charge in [-0.1, -0.05) is 36.4 Å². The fourth-order valence-electron chi connectivity index (χ4n) is 5.10. The molecule has 0 radical (unpaired) electrons. The molecule has 0 aliphatic carbocycles. The van der Waals surface area contributed by atoms with Crippen molar-refractivity contribution in [1.29, 1.82) is 0 Å². The molecule has 0 amide bonds. The van der Waals surface area contributed by atoms with E-state index in [1.165, 1.54) is 22.0 Å². The van der Waals surface area contributed by atoms with E-state index in [4.69, 9.17) is 14.2 Å². The van der Waals surface area contributed by atoms with Gasteiger partial charge in [-0.05, 0) is 65.9 Å². The van der Waals surface area contributed by atoms with Crippen LogP contribution < -0.4 is 20.1 Å². The van der Waals surface area contributed by atoms with Crippen molar-refractivity contribution in [3.05, 3.63) is 95.7 Å². The average Bonchev–Trinajstić information content (AvgIpc) is 3.42. The predicted molar refractivity (Wildman–Crippen MR) is 148 cm³/mol. The van der Waals surface area contributed by atoms with Crippen molar-refractivity contribution >= 4 is 10.9 Å². The number of para-hydroxylation sites is 1. The van der Waals surface area contributed by atoms with E-state index < -0.39 is 0 Å². The molecule has 6 heteroatoms. The second-order valence-corrected chi connectivity index (χ2v) is 9.62. The van der Waals surface area contributed by atoms with Crippen LogP contribution in [0.2, 0.25) is 0 Å². The van der Waals surface area contributed by atoms with E-state index in [1.807, 2.05) is 30.5 Å². The molecule has 2 heterocycles. The highest BCUT2D eigenvalue weighted by atomic mass is 16.5. The van der Waals surface area contributed by atoms with Gasteiger partial charge < -0.3 is 29.8 Å². The van der Waals surface area contributed by atoms with Gasteiger partial charge in [0.15, 0.2) is 0 Å². The van der Waals surface area contributed by atoms with Gasteiger partial charge in [0.05, 0.1) is 26.9 Å². The lowest BCUT2D eigenvalue weighted by Gasteiger charge is -2.33. The van der Waals surface area contributed by atoms with Crippen molar-refractivity contribution in [3.8, 4) is 11.5 Å². The van der Waals surface area contributed by atoms with Crippen LogP contribution in [0.15, 0.2) is 79.0 Å². The van der Waals surface area contributed by atoms with Crippen molar-refractivity contribution in [2.24, 2.45) is 0 Å². The van der Waals surface area contributed by atoms with Crippen LogP contribution >= 0.6 is 0 Å². The largest absolute Gasteiger partial charge is 0.496 e. The summed E-state index contributed by atoms with van der Waals surface area (Å²) in [6, 6.07) is 25.8. The molecule has 4 aromatic rings. The third-order valence-corrected chi connectivity index (χ3v) is 7.13. The first-order valence-corrected chi connectivity index (χ1v) is 13.2. The van der Waals surface area contributed by atoms with Gasteiger partial charge in [-0.25, -0.2) is 0 Å². The zero-order valence-electron chi connectivity index (χ0n) is 21.5. The summed E-state index contributed by atoms with van der Waals surface area (Å²) >= 11 is 0. The fourth-order valence-corrected chi connectivity index (χ4v) is 5.10. The van der Waals surface area contributed by atoms with Gasteiger partial charge in [-0.2, -0.15) is 0 Å². The van der Waals surface area contributed by atoms with E-state index in [9.17, 15) is 0 Å². The monoisotopic (exact) mass is 499 g/mol. The second kappa shape index (κ2) is 12.8. The number of rotatable bonds is 12. The van der Waals surface area contributed by atoms with E-state index in [-0.39, 0.29) is 0 Å². The number of ether oxygens (including phenoxy) is 3. The predicted octanol–water partition coefficient (Wildman–Crippen LogP) is 5.40. The smallest absolute Gasteiger partial charge is 0.124 e. The van der Waals surface area contributed by atoms with Gasteiger partial charge >= 0.3 is 0 Å². The number of nitrogens with one attached hydrogen (secondary N) is 3. The molecule has 0 bridgehead atoms. The molecule has 0 saturated carbocycles. The van der Waals surface area contributed by atoms with Gasteiger partial charge in [0.2, 0.25) is 0 Å². The van der Waals surface area contributed by atoms with Crippen LogP contribution in [-0.2, 0) is 17.9 Å². The molecule has 2 atom stereocenters. The molecule has 1 aliphatic heterocycles.